The van der Waals surface area contributed by atoms with Crippen molar-refractivity contribution in [2.75, 3.05) is 31.8 Å². The predicted molar refractivity (Wildman–Crippen MR) is 181 cm³/mol. The molecule has 6 heterocycles. The first-order valence-corrected chi connectivity index (χ1v) is 23.0. The summed E-state index contributed by atoms with van der Waals surface area (Å²) in [7, 11) is -20.2. The summed E-state index contributed by atoms with van der Waals surface area (Å²) in [6.07, 6.45) is -12.2. The molecule has 0 saturated carbocycles. The van der Waals surface area contributed by atoms with Crippen LogP contribution in [0.5, 0.6) is 11.8 Å². The summed E-state index contributed by atoms with van der Waals surface area (Å²) < 4.78 is 98.5. The van der Waals surface area contributed by atoms with Crippen molar-refractivity contribution < 1.29 is 108 Å². The highest BCUT2D eigenvalue weighted by molar-refractivity contribution is 7.65. The molecule has 31 nitrogen and oxygen atoms in total. The Labute approximate surface area is 342 Å². The Morgan fingerprint density at radius 2 is 1.15 bits per heavy atom. The fourth-order valence-electron chi connectivity index (χ4n) is 6.48. The third-order valence-corrected chi connectivity index (χ3v) is 14.0. The van der Waals surface area contributed by atoms with Crippen molar-refractivity contribution >= 4 is 65.5 Å². The minimum absolute atomic E-state index is 0.0431. The highest BCUT2D eigenvalue weighted by Gasteiger charge is 2.51. The van der Waals surface area contributed by atoms with Crippen molar-refractivity contribution in [2.45, 2.75) is 69.0 Å². The largest absolute Gasteiger partial charge is 0.856 e. The number of hydrogen-bond acceptors (Lipinski definition) is 27. The van der Waals surface area contributed by atoms with E-state index in [1.54, 1.807) is 0 Å². The molecule has 61 heavy (non-hydrogen) atoms. The minimum Gasteiger partial charge on any atom is -0.856 e. The normalized spacial score (nSPS) is 28.6. The summed E-state index contributed by atoms with van der Waals surface area (Å²) in [6.45, 7) is 0.164. The first kappa shape index (κ1) is 47.1. The summed E-state index contributed by atoms with van der Waals surface area (Å²) in [5.41, 5.74) is 10.7. The lowest BCUT2D eigenvalue weighted by atomic mass is 10.1. The number of phosphoric acid groups is 4. The Bertz CT molecular complexity index is 2490. The summed E-state index contributed by atoms with van der Waals surface area (Å²) >= 11 is 0. The molecule has 0 aliphatic carbocycles. The van der Waals surface area contributed by atoms with Gasteiger partial charge in [0.05, 0.1) is 33.4 Å². The van der Waals surface area contributed by atoms with Crippen molar-refractivity contribution in [3.8, 4) is 11.8 Å². The Balaban J connectivity index is 1.12. The molecule has 4 aromatic rings. The smallest absolute Gasteiger partial charge is 0.309 e. The van der Waals surface area contributed by atoms with Crippen molar-refractivity contribution in [1.82, 2.24) is 29.1 Å². The number of aliphatic hydroxyl groups excluding tert-OH is 2. The van der Waals surface area contributed by atoms with E-state index in [0.29, 0.717) is 0 Å². The number of nitrogens with two attached hydrogens (primary N) is 2. The van der Waals surface area contributed by atoms with Crippen molar-refractivity contribution in [3.63, 3.8) is 0 Å². The van der Waals surface area contributed by atoms with Crippen molar-refractivity contribution in [2.24, 2.45) is 14.1 Å². The minimum atomic E-state index is -6.49. The monoisotopic (exact) mass is 948 g/mol. The molecule has 6 rings (SSSR count). The van der Waals surface area contributed by atoms with E-state index in [2.05, 4.69) is 37.6 Å². The van der Waals surface area contributed by atoms with Gasteiger partial charge in [0.2, 0.25) is 12.5 Å². The molecular weight excluding hydrogens is 912 g/mol. The molecule has 2 aliphatic rings. The van der Waals surface area contributed by atoms with Gasteiger partial charge in [0, 0.05) is 18.9 Å². The zero-order chi connectivity index (χ0) is 45.1. The number of ether oxygens (including phenoxy) is 3. The van der Waals surface area contributed by atoms with Crippen LogP contribution >= 0.6 is 31.3 Å². The van der Waals surface area contributed by atoms with Crippen LogP contribution in [0.2, 0.25) is 0 Å². The molecule has 0 radical (unpaired) electrons. The lowest BCUT2D eigenvalue weighted by Gasteiger charge is -2.35. The second-order valence-electron chi connectivity index (χ2n) is 13.5. The lowest BCUT2D eigenvalue weighted by Crippen LogP contribution is -2.46. The molecule has 2 aliphatic heterocycles. The zero-order valence-electron chi connectivity index (χ0n) is 31.9. The van der Waals surface area contributed by atoms with Gasteiger partial charge in [-0.05, 0) is 13.8 Å². The second-order valence-corrected chi connectivity index (χ2v) is 19.3. The van der Waals surface area contributed by atoms with E-state index in [4.69, 9.17) is 34.7 Å². The number of anilines is 2. The number of hydrogen-bond donors (Lipinski definition) is 4. The van der Waals surface area contributed by atoms with E-state index in [1.807, 2.05) is 0 Å². The molecule has 0 bridgehead atoms. The number of aliphatic hydroxyl groups is 2. The summed E-state index contributed by atoms with van der Waals surface area (Å²) in [6, 6.07) is 0. The highest BCUT2D eigenvalue weighted by Crippen LogP contribution is 2.63. The third-order valence-electron chi connectivity index (χ3n) is 8.72. The maximum Gasteiger partial charge on any atom is 0.309 e. The van der Waals surface area contributed by atoms with E-state index in [0.717, 1.165) is 11.7 Å². The van der Waals surface area contributed by atoms with Gasteiger partial charge < -0.3 is 83.8 Å². The van der Waals surface area contributed by atoms with Crippen LogP contribution in [0, 0.1) is 0 Å². The van der Waals surface area contributed by atoms with Gasteiger partial charge in [-0.3, -0.25) is 27.4 Å². The molecule has 0 aromatic carbocycles. The Morgan fingerprint density at radius 1 is 0.738 bits per heavy atom. The van der Waals surface area contributed by atoms with Gasteiger partial charge in [0.25, 0.3) is 43.2 Å². The van der Waals surface area contributed by atoms with Gasteiger partial charge in [-0.1, -0.05) is 9.97 Å². The number of fused-ring (bicyclic) bond motifs is 2. The molecule has 6 N–H and O–H groups in total. The molecule has 340 valence electrons. The zero-order valence-corrected chi connectivity index (χ0v) is 35.5. The first-order valence-electron chi connectivity index (χ1n) is 17.2. The van der Waals surface area contributed by atoms with Crippen LogP contribution in [0.1, 0.15) is 26.3 Å². The van der Waals surface area contributed by atoms with Gasteiger partial charge in [0.1, 0.15) is 36.6 Å². The molecule has 4 aromatic heterocycles. The third kappa shape index (κ3) is 10.2. The van der Waals surface area contributed by atoms with Crippen LogP contribution < -0.4 is 50.4 Å². The lowest BCUT2D eigenvalue weighted by molar-refractivity contribution is -0.746. The van der Waals surface area contributed by atoms with Gasteiger partial charge in [-0.2, -0.15) is 0 Å². The Kier molecular flexibility index (Phi) is 13.4. The number of aryl methyl sites for hydroxylation is 2. The van der Waals surface area contributed by atoms with E-state index in [1.165, 1.54) is 54.3 Å². The number of nitrogen functional groups attached to an aromatic ring is 2. The number of methoxy groups -OCH3 is 1. The van der Waals surface area contributed by atoms with Gasteiger partial charge in [-0.25, -0.2) is 27.7 Å². The number of imidazole rings is 2. The quantitative estimate of drug-likeness (QED) is 0.0565. The van der Waals surface area contributed by atoms with Crippen LogP contribution in [0.3, 0.4) is 0 Å². The summed E-state index contributed by atoms with van der Waals surface area (Å²) in [4.78, 5) is 65.5. The van der Waals surface area contributed by atoms with Crippen LogP contribution in [-0.2, 0) is 73.3 Å². The fourth-order valence-corrected chi connectivity index (χ4v) is 11.0. The molecule has 0 amide bonds. The van der Waals surface area contributed by atoms with Gasteiger partial charge in [0.15, 0.2) is 23.7 Å². The predicted octanol–water partition coefficient (Wildman–Crippen LogP) is -5.88. The standard InChI is InChI=1S/C26H40N10O21P4/c1-10(2)54-60(45,46)55-18-12(53-24(16(18)38)36-9-34(4)14-20(36)30-26(28)32-22(14)40)7-51-59(43,44)57-61(47,48)56-58(41,42)50-6-11-17(49-5)15(37)23(52-11)35-8-33(3)13-19(35)29-25(27)31-21(13)39/h8-12,15-18,23-24,37-38H,6-7H2,1-5H3,(H8-2,27,28,29,30,31,32,39,40,41,42,43,44,45,46,47,48)/p-4/t11-,12-,15?,16?,17?,18+,23-,24-/m1/s1. The molecule has 2 saturated heterocycles. The van der Waals surface area contributed by atoms with Crippen LogP contribution in [-0.4, -0.2) is 102 Å². The summed E-state index contributed by atoms with van der Waals surface area (Å²) in [5, 5.41) is 47.0. The van der Waals surface area contributed by atoms with Crippen molar-refractivity contribution in [1.29, 1.82) is 0 Å². The van der Waals surface area contributed by atoms with Crippen LogP contribution in [0.4, 0.5) is 11.9 Å². The van der Waals surface area contributed by atoms with E-state index in [-0.39, 0.29) is 22.3 Å². The van der Waals surface area contributed by atoms with Gasteiger partial charge in [-0.15, -0.1) is 0 Å². The first-order chi connectivity index (χ1) is 28.2. The van der Waals surface area contributed by atoms with Crippen LogP contribution in [0.25, 0.3) is 22.3 Å². The molecule has 35 heteroatoms. The second kappa shape index (κ2) is 17.3. The van der Waals surface area contributed by atoms with E-state index < -0.39 is 123 Å². The van der Waals surface area contributed by atoms with Crippen LogP contribution in [0.15, 0.2) is 12.7 Å². The van der Waals surface area contributed by atoms with E-state index in [9.17, 15) is 58.3 Å². The average Bonchev–Trinajstić information content (AvgIpc) is 3.81. The number of phosphoric ester groups is 3. The molecular formula is C26H36N10O21P4-4. The Hall–Kier alpha value is -3.38. The molecule has 0 spiro atoms. The summed E-state index contributed by atoms with van der Waals surface area (Å²) in [5.74, 6) is -2.52. The van der Waals surface area contributed by atoms with Gasteiger partial charge >= 0.3 is 11.3 Å². The molecule has 2 fully saturated rings. The highest BCUT2D eigenvalue weighted by atomic mass is 31.3. The number of aromatic nitrogens is 8. The maximum absolute atomic E-state index is 12.7. The maximum atomic E-state index is 12.7. The number of rotatable bonds is 17. The Morgan fingerprint density at radius 3 is 1.56 bits per heavy atom. The van der Waals surface area contributed by atoms with Crippen molar-refractivity contribution in [3.05, 3.63) is 12.7 Å². The topological polar surface area (TPSA) is 451 Å². The SMILES string of the molecule is COC1C(O)[C@H]([n+]2cn(C)c3c([O-])nc(N)nc32)O[C@@H]1COP(=O)([O-])OP(=O)([O-])OP(=O)([O-])OC[C@H]1O[C@@H]([n+]2cn(C)c3c([O-])nc(N)nc32)C(O)[C@H]1OP(=O)([O-])OC(C)C. The fraction of sp³-hybridized carbons (Fsp3) is 0.615. The average molecular weight is 949 g/mol. The number of nitrogens with zero attached hydrogens (tertiary/aromatic N) is 8. The molecule has 12 atom stereocenters. The molecule has 7 unspecified atom stereocenters. The van der Waals surface area contributed by atoms with E-state index >= 15 is 0 Å².